The van der Waals surface area contributed by atoms with Crippen LogP contribution in [-0.4, -0.2) is 50.9 Å². The van der Waals surface area contributed by atoms with Crippen molar-refractivity contribution in [1.82, 2.24) is 10.3 Å². The van der Waals surface area contributed by atoms with E-state index < -0.39 is 0 Å². The summed E-state index contributed by atoms with van der Waals surface area (Å²) in [5, 5.41) is 8.96. The predicted octanol–water partition coefficient (Wildman–Crippen LogP) is 3.43. The predicted molar refractivity (Wildman–Crippen MR) is 121 cm³/mol. The first-order chi connectivity index (χ1) is 15.7. The van der Waals surface area contributed by atoms with Crippen molar-refractivity contribution < 1.29 is 23.8 Å². The second-order valence-electron chi connectivity index (χ2n) is 7.98. The van der Waals surface area contributed by atoms with Crippen LogP contribution in [0.2, 0.25) is 0 Å². The summed E-state index contributed by atoms with van der Waals surface area (Å²) < 4.78 is 21.7. The summed E-state index contributed by atoms with van der Waals surface area (Å²) in [4.78, 5) is 8.99. The Labute approximate surface area is 186 Å². The molecule has 0 spiro atoms. The van der Waals surface area contributed by atoms with Crippen molar-refractivity contribution in [3.63, 3.8) is 0 Å². The summed E-state index contributed by atoms with van der Waals surface area (Å²) in [6, 6.07) is 10.1. The van der Waals surface area contributed by atoms with Crippen LogP contribution in [-0.2, 0) is 17.7 Å². The molecular weight excluding hydrogens is 410 g/mol. The van der Waals surface area contributed by atoms with E-state index in [0.717, 1.165) is 54.1 Å². The number of nitrogens with zero attached hydrogens (tertiary/aromatic N) is 1. The molecule has 3 heterocycles. The lowest BCUT2D eigenvalue weighted by Crippen LogP contribution is -2.25. The molecule has 0 aliphatic carbocycles. The fourth-order valence-corrected chi connectivity index (χ4v) is 4.21. The van der Waals surface area contributed by atoms with Crippen LogP contribution in [0.5, 0.6) is 23.0 Å². The second-order valence-corrected chi connectivity index (χ2v) is 7.98. The van der Waals surface area contributed by atoms with E-state index in [1.165, 1.54) is 10.9 Å². The van der Waals surface area contributed by atoms with E-state index in [1.807, 2.05) is 24.3 Å². The van der Waals surface area contributed by atoms with Crippen LogP contribution in [0.1, 0.15) is 17.5 Å². The number of H-pyrrole nitrogens is 1. The molecule has 0 radical (unpaired) electrons. The van der Waals surface area contributed by atoms with Gasteiger partial charge in [-0.2, -0.15) is 0 Å². The number of hydrogen-bond acceptors (Lipinski definition) is 7. The Morgan fingerprint density at radius 2 is 2.09 bits per heavy atom. The second kappa shape index (κ2) is 9.00. The van der Waals surface area contributed by atoms with Crippen LogP contribution in [0.25, 0.3) is 10.9 Å². The summed E-state index contributed by atoms with van der Waals surface area (Å²) in [6.45, 7) is 1.79. The summed E-state index contributed by atoms with van der Waals surface area (Å²) in [5.74, 6) is 2.94. The topological polar surface area (TPSA) is 86.3 Å². The quantitative estimate of drug-likeness (QED) is 0.499. The molecule has 0 unspecified atom stereocenters. The molecule has 0 bridgehead atoms. The SMILES string of the molecule is COc1ccc2[nH]cc(CCNCC3=NO[C@H](Cc4cc(OC)c5c(c4)OCO5)C3)c2c1. The number of nitrogens with one attached hydrogen (secondary N) is 2. The highest BCUT2D eigenvalue weighted by Crippen LogP contribution is 2.42. The fourth-order valence-electron chi connectivity index (χ4n) is 4.21. The van der Waals surface area contributed by atoms with Crippen molar-refractivity contribution in [2.75, 3.05) is 34.1 Å². The highest BCUT2D eigenvalue weighted by Gasteiger charge is 2.25. The molecule has 1 aromatic heterocycles. The molecule has 2 aromatic carbocycles. The molecule has 0 saturated carbocycles. The number of aromatic amines is 1. The molecule has 0 fully saturated rings. The molecule has 0 amide bonds. The Bertz CT molecular complexity index is 1140. The number of ether oxygens (including phenoxy) is 4. The zero-order valence-electron chi connectivity index (χ0n) is 18.3. The molecule has 0 saturated heterocycles. The molecule has 1 atom stereocenters. The molecule has 8 heteroatoms. The Kier molecular flexibility index (Phi) is 5.77. The van der Waals surface area contributed by atoms with Crippen LogP contribution in [0, 0.1) is 0 Å². The molecule has 32 heavy (non-hydrogen) atoms. The van der Waals surface area contributed by atoms with Crippen LogP contribution >= 0.6 is 0 Å². The van der Waals surface area contributed by atoms with Crippen molar-refractivity contribution in [3.05, 3.63) is 47.7 Å². The highest BCUT2D eigenvalue weighted by molar-refractivity contribution is 5.87. The van der Waals surface area contributed by atoms with Gasteiger partial charge in [0.05, 0.1) is 19.9 Å². The van der Waals surface area contributed by atoms with Gasteiger partial charge in [-0.15, -0.1) is 0 Å². The van der Waals surface area contributed by atoms with E-state index in [0.29, 0.717) is 18.0 Å². The Morgan fingerprint density at radius 3 is 2.97 bits per heavy atom. The molecule has 3 aromatic rings. The number of benzene rings is 2. The molecule has 2 aliphatic heterocycles. The van der Waals surface area contributed by atoms with E-state index >= 15 is 0 Å². The highest BCUT2D eigenvalue weighted by atomic mass is 16.7. The summed E-state index contributed by atoms with van der Waals surface area (Å²) >= 11 is 0. The lowest BCUT2D eigenvalue weighted by Gasteiger charge is -2.11. The van der Waals surface area contributed by atoms with E-state index in [4.69, 9.17) is 23.8 Å². The largest absolute Gasteiger partial charge is 0.497 e. The standard InChI is InChI=1S/C24H27N3O5/c1-28-18-3-4-21-20(11-18)16(12-26-21)5-6-25-13-17-10-19(32-27-17)7-15-8-22(29-2)24-23(9-15)30-14-31-24/h3-4,8-9,11-12,19,25-26H,5-7,10,13-14H2,1-2H3/t19-/m1/s1. The maximum atomic E-state index is 5.66. The van der Waals surface area contributed by atoms with Gasteiger partial charge in [-0.3, -0.25) is 0 Å². The minimum absolute atomic E-state index is 0.0120. The van der Waals surface area contributed by atoms with Gasteiger partial charge >= 0.3 is 0 Å². The third-order valence-electron chi connectivity index (χ3n) is 5.85. The van der Waals surface area contributed by atoms with Crippen molar-refractivity contribution in [2.45, 2.75) is 25.4 Å². The van der Waals surface area contributed by atoms with E-state index in [-0.39, 0.29) is 12.9 Å². The number of methoxy groups -OCH3 is 2. The lowest BCUT2D eigenvalue weighted by molar-refractivity contribution is 0.0858. The maximum absolute atomic E-state index is 5.66. The van der Waals surface area contributed by atoms with Gasteiger partial charge in [0, 0.05) is 36.5 Å². The van der Waals surface area contributed by atoms with Gasteiger partial charge in [0.15, 0.2) is 11.5 Å². The van der Waals surface area contributed by atoms with Crippen molar-refractivity contribution in [1.29, 1.82) is 0 Å². The van der Waals surface area contributed by atoms with Gasteiger partial charge < -0.3 is 34.1 Å². The Hall–Kier alpha value is -3.39. The average molecular weight is 437 g/mol. The summed E-state index contributed by atoms with van der Waals surface area (Å²) in [7, 11) is 3.32. The number of hydrogen-bond donors (Lipinski definition) is 2. The van der Waals surface area contributed by atoms with Gasteiger partial charge in [0.25, 0.3) is 0 Å². The number of oxime groups is 1. The molecule has 2 aliphatic rings. The van der Waals surface area contributed by atoms with E-state index in [2.05, 4.69) is 27.7 Å². The first kappa shape index (κ1) is 20.5. The van der Waals surface area contributed by atoms with Crippen LogP contribution in [0.4, 0.5) is 0 Å². The van der Waals surface area contributed by atoms with E-state index in [9.17, 15) is 0 Å². The average Bonchev–Trinajstić information content (AvgIpc) is 3.56. The third-order valence-corrected chi connectivity index (χ3v) is 5.85. The fraction of sp³-hybridized carbons (Fsp3) is 0.375. The lowest BCUT2D eigenvalue weighted by atomic mass is 10.0. The van der Waals surface area contributed by atoms with Crippen molar-refractivity contribution in [2.24, 2.45) is 5.16 Å². The normalized spacial score (nSPS) is 16.8. The molecular formula is C24H27N3O5. The Morgan fingerprint density at radius 1 is 1.16 bits per heavy atom. The molecule has 5 rings (SSSR count). The number of aromatic nitrogens is 1. The minimum atomic E-state index is 0.0120. The van der Waals surface area contributed by atoms with Crippen molar-refractivity contribution >= 4 is 16.6 Å². The smallest absolute Gasteiger partial charge is 0.231 e. The van der Waals surface area contributed by atoms with Gasteiger partial charge in [0.1, 0.15) is 11.9 Å². The third kappa shape index (κ3) is 4.18. The monoisotopic (exact) mass is 437 g/mol. The van der Waals surface area contributed by atoms with Gasteiger partial charge in [-0.05, 0) is 54.4 Å². The zero-order valence-corrected chi connectivity index (χ0v) is 18.3. The van der Waals surface area contributed by atoms with E-state index in [1.54, 1.807) is 14.2 Å². The summed E-state index contributed by atoms with van der Waals surface area (Å²) in [6.07, 6.45) is 4.53. The van der Waals surface area contributed by atoms with Crippen molar-refractivity contribution in [3.8, 4) is 23.0 Å². The van der Waals surface area contributed by atoms with Crippen LogP contribution < -0.4 is 24.3 Å². The van der Waals surface area contributed by atoms with Crippen LogP contribution in [0.15, 0.2) is 41.7 Å². The zero-order chi connectivity index (χ0) is 21.9. The van der Waals surface area contributed by atoms with Gasteiger partial charge in [-0.25, -0.2) is 0 Å². The van der Waals surface area contributed by atoms with Gasteiger partial charge in [-0.1, -0.05) is 5.16 Å². The molecule has 8 nitrogen and oxygen atoms in total. The molecule has 168 valence electrons. The first-order valence-corrected chi connectivity index (χ1v) is 10.8. The molecule has 2 N–H and O–H groups in total. The van der Waals surface area contributed by atoms with Crippen LogP contribution in [0.3, 0.4) is 0 Å². The minimum Gasteiger partial charge on any atom is -0.497 e. The summed E-state index contributed by atoms with van der Waals surface area (Å²) in [5.41, 5.74) is 4.50. The number of fused-ring (bicyclic) bond motifs is 2. The van der Waals surface area contributed by atoms with Gasteiger partial charge in [0.2, 0.25) is 12.5 Å². The number of rotatable bonds is 9. The Balaban J connectivity index is 1.10. The maximum Gasteiger partial charge on any atom is 0.231 e. The first-order valence-electron chi connectivity index (χ1n) is 10.8.